The number of aliphatic hydroxyl groups is 1. The lowest BCUT2D eigenvalue weighted by molar-refractivity contribution is -0.480. The average Bonchev–Trinajstić information content (AvgIpc) is 1.86. The molecule has 72 valence electrons. The minimum atomic E-state index is -0.833. The number of nitro groups is 1. The Morgan fingerprint density at radius 2 is 1.92 bits per heavy atom. The van der Waals surface area contributed by atoms with Gasteiger partial charge < -0.3 is 10.2 Å². The van der Waals surface area contributed by atoms with Crippen molar-refractivity contribution in [3.05, 3.63) is 10.1 Å². The summed E-state index contributed by atoms with van der Waals surface area (Å²) in [6.07, 6.45) is 1.00. The Labute approximate surface area is 70.0 Å². The summed E-state index contributed by atoms with van der Waals surface area (Å²) in [4.78, 5) is 18.2. The Kier molecular flexibility index (Phi) is 11.0. The molecule has 2 N–H and O–H groups in total. The molecule has 0 saturated heterocycles. The molecule has 0 spiro atoms. The summed E-state index contributed by atoms with van der Waals surface area (Å²) in [5.74, 6) is -0.833. The van der Waals surface area contributed by atoms with Gasteiger partial charge in [0.15, 0.2) is 0 Å². The van der Waals surface area contributed by atoms with Gasteiger partial charge in [0, 0.05) is 24.9 Å². The molecule has 0 fully saturated rings. The summed E-state index contributed by atoms with van der Waals surface area (Å²) in [7, 11) is 0. The minimum Gasteiger partial charge on any atom is -0.481 e. The zero-order valence-corrected chi connectivity index (χ0v) is 6.89. The van der Waals surface area contributed by atoms with E-state index in [9.17, 15) is 10.1 Å². The summed E-state index contributed by atoms with van der Waals surface area (Å²) in [6, 6.07) is 0. The second-order valence-corrected chi connectivity index (χ2v) is 2.01. The Hall–Kier alpha value is -1.17. The fraction of sp³-hybridized carbons (Fsp3) is 0.833. The van der Waals surface area contributed by atoms with Crippen LogP contribution in [0, 0.1) is 10.1 Å². The summed E-state index contributed by atoms with van der Waals surface area (Å²) in [5.41, 5.74) is 0. The topological polar surface area (TPSA) is 101 Å². The number of rotatable bonds is 4. The van der Waals surface area contributed by atoms with Crippen molar-refractivity contribution in [2.45, 2.75) is 19.8 Å². The van der Waals surface area contributed by atoms with Gasteiger partial charge in [-0.1, -0.05) is 0 Å². The van der Waals surface area contributed by atoms with E-state index in [1.807, 2.05) is 0 Å². The van der Waals surface area contributed by atoms with Gasteiger partial charge in [0.05, 0.1) is 0 Å². The number of hydrogen-bond donors (Lipinski definition) is 2. The predicted molar refractivity (Wildman–Crippen MR) is 41.5 cm³/mol. The normalized spacial score (nSPS) is 8.17. The molecule has 0 aliphatic carbocycles. The van der Waals surface area contributed by atoms with Crippen molar-refractivity contribution >= 4 is 5.97 Å². The zero-order valence-electron chi connectivity index (χ0n) is 6.89. The van der Waals surface area contributed by atoms with E-state index in [1.165, 1.54) is 0 Å². The third-order valence-electron chi connectivity index (χ3n) is 0.749. The Morgan fingerprint density at radius 3 is 2.17 bits per heavy atom. The molecule has 0 aromatic rings. The number of aliphatic carboxylic acids is 1. The van der Waals surface area contributed by atoms with E-state index >= 15 is 0 Å². The van der Waals surface area contributed by atoms with Crippen molar-refractivity contribution in [1.82, 2.24) is 0 Å². The van der Waals surface area contributed by atoms with Gasteiger partial charge in [-0.25, -0.2) is 0 Å². The molecule has 0 aromatic carbocycles. The van der Waals surface area contributed by atoms with Gasteiger partial charge >= 0.3 is 0 Å². The monoisotopic (exact) mass is 179 g/mol. The maximum atomic E-state index is 9.60. The molecule has 0 unspecified atom stereocenters. The maximum absolute atomic E-state index is 9.60. The van der Waals surface area contributed by atoms with E-state index in [2.05, 4.69) is 0 Å². The fourth-order valence-corrected chi connectivity index (χ4v) is 0.353. The van der Waals surface area contributed by atoms with Crippen molar-refractivity contribution in [2.24, 2.45) is 0 Å². The number of unbranched alkanes of at least 4 members (excludes halogenated alkanes) is 1. The first-order valence-electron chi connectivity index (χ1n) is 3.43. The Bertz CT molecular complexity index is 132. The van der Waals surface area contributed by atoms with Crippen LogP contribution in [0.1, 0.15) is 19.8 Å². The van der Waals surface area contributed by atoms with Crippen molar-refractivity contribution in [2.75, 3.05) is 13.2 Å². The number of carbonyl (C=O) groups is 1. The first kappa shape index (κ1) is 13.4. The molecule has 0 aliphatic heterocycles. The van der Waals surface area contributed by atoms with E-state index in [1.54, 1.807) is 0 Å². The average molecular weight is 179 g/mol. The van der Waals surface area contributed by atoms with E-state index < -0.39 is 5.97 Å². The third-order valence-corrected chi connectivity index (χ3v) is 0.749. The highest BCUT2D eigenvalue weighted by atomic mass is 16.6. The predicted octanol–water partition coefficient (Wildman–Crippen LogP) is 0.126. The van der Waals surface area contributed by atoms with Crippen LogP contribution in [0.25, 0.3) is 0 Å². The molecule has 0 radical (unpaired) electrons. The van der Waals surface area contributed by atoms with Crippen LogP contribution in [0.4, 0.5) is 0 Å². The Balaban J connectivity index is 0. The highest BCUT2D eigenvalue weighted by Gasteiger charge is 1.93. The molecule has 0 atom stereocenters. The van der Waals surface area contributed by atoms with Crippen LogP contribution in [0.3, 0.4) is 0 Å². The smallest absolute Gasteiger partial charge is 0.300 e. The number of aliphatic hydroxyl groups excluding tert-OH is 1. The van der Waals surface area contributed by atoms with Gasteiger partial charge in [-0.05, 0) is 6.42 Å². The standard InChI is InChI=1S/C4H9NO3.C2H4O2/c6-4-2-1-3-5(7)8;1-2(3)4/h6H,1-4H2;1H3,(H,3,4). The van der Waals surface area contributed by atoms with Crippen molar-refractivity contribution in [3.63, 3.8) is 0 Å². The molecule has 0 aliphatic rings. The second-order valence-electron chi connectivity index (χ2n) is 2.01. The van der Waals surface area contributed by atoms with Gasteiger partial charge in [-0.2, -0.15) is 0 Å². The van der Waals surface area contributed by atoms with E-state index in [0.717, 1.165) is 6.92 Å². The van der Waals surface area contributed by atoms with Gasteiger partial charge in [0.1, 0.15) is 0 Å². The highest BCUT2D eigenvalue weighted by molar-refractivity contribution is 5.62. The highest BCUT2D eigenvalue weighted by Crippen LogP contribution is 1.85. The first-order valence-corrected chi connectivity index (χ1v) is 3.43. The zero-order chi connectivity index (χ0) is 9.98. The molecule has 6 nitrogen and oxygen atoms in total. The van der Waals surface area contributed by atoms with Gasteiger partial charge in [-0.15, -0.1) is 0 Å². The molecule has 12 heavy (non-hydrogen) atoms. The molecule has 0 aromatic heterocycles. The third kappa shape index (κ3) is 36.9. The van der Waals surface area contributed by atoms with Crippen molar-refractivity contribution < 1.29 is 19.9 Å². The van der Waals surface area contributed by atoms with Gasteiger partial charge in [-0.3, -0.25) is 14.9 Å². The second kappa shape index (κ2) is 9.83. The van der Waals surface area contributed by atoms with Crippen LogP contribution in [-0.4, -0.2) is 34.3 Å². The summed E-state index contributed by atoms with van der Waals surface area (Å²) < 4.78 is 0. The van der Waals surface area contributed by atoms with E-state index in [0.29, 0.717) is 12.8 Å². The first-order chi connectivity index (χ1) is 5.50. The van der Waals surface area contributed by atoms with Crippen LogP contribution in [0.5, 0.6) is 0 Å². The van der Waals surface area contributed by atoms with Crippen molar-refractivity contribution in [3.8, 4) is 0 Å². The largest absolute Gasteiger partial charge is 0.481 e. The quantitative estimate of drug-likeness (QED) is 0.363. The lowest BCUT2D eigenvalue weighted by Crippen LogP contribution is -2.00. The number of hydrogen-bond acceptors (Lipinski definition) is 4. The molecule has 0 amide bonds. The summed E-state index contributed by atoms with van der Waals surface area (Å²) in [6.45, 7) is 1.11. The van der Waals surface area contributed by atoms with Crippen LogP contribution >= 0.6 is 0 Å². The molecule has 0 heterocycles. The molecule has 0 saturated carbocycles. The number of carboxylic acid groups (broad SMARTS) is 1. The van der Waals surface area contributed by atoms with Crippen LogP contribution in [0.15, 0.2) is 0 Å². The van der Waals surface area contributed by atoms with Crippen LogP contribution < -0.4 is 0 Å². The van der Waals surface area contributed by atoms with E-state index in [-0.39, 0.29) is 18.1 Å². The lowest BCUT2D eigenvalue weighted by Gasteiger charge is -1.88. The van der Waals surface area contributed by atoms with Gasteiger partial charge in [0.25, 0.3) is 5.97 Å². The van der Waals surface area contributed by atoms with E-state index in [4.69, 9.17) is 15.0 Å². The van der Waals surface area contributed by atoms with Gasteiger partial charge in [0.2, 0.25) is 6.54 Å². The summed E-state index contributed by atoms with van der Waals surface area (Å²) >= 11 is 0. The maximum Gasteiger partial charge on any atom is 0.300 e. The lowest BCUT2D eigenvalue weighted by atomic mass is 10.3. The minimum absolute atomic E-state index is 0.0272. The number of carboxylic acids is 1. The fourth-order valence-electron chi connectivity index (χ4n) is 0.353. The van der Waals surface area contributed by atoms with Crippen LogP contribution in [-0.2, 0) is 4.79 Å². The molecular formula is C6H13NO5. The Morgan fingerprint density at radius 1 is 1.50 bits per heavy atom. The summed E-state index contributed by atoms with van der Waals surface area (Å²) in [5, 5.41) is 25.2. The molecule has 0 bridgehead atoms. The molecule has 0 rings (SSSR count). The van der Waals surface area contributed by atoms with Crippen molar-refractivity contribution in [1.29, 1.82) is 0 Å². The SMILES string of the molecule is CC(=O)O.O=[N+]([O-])CCCCO. The molecule has 6 heteroatoms. The number of nitrogens with zero attached hydrogens (tertiary/aromatic N) is 1. The molecular weight excluding hydrogens is 166 g/mol. The van der Waals surface area contributed by atoms with Crippen LogP contribution in [0.2, 0.25) is 0 Å².